The highest BCUT2D eigenvalue weighted by molar-refractivity contribution is 5.38. The standard InChI is InChI=1S/C24H34/c1-3-5-6-10-22-17-19-24(20-18-22)12-8-7-11-23-15-13-21(9-4-2)14-16-23/h8,12-16,22,24H,3-6,9-10,17-20H2,1-2H3. The predicted molar refractivity (Wildman–Crippen MR) is 106 cm³/mol. The fraction of sp³-hybridized carbons (Fsp3) is 0.583. The van der Waals surface area contributed by atoms with E-state index in [1.807, 2.05) is 0 Å². The van der Waals surface area contributed by atoms with E-state index in [-0.39, 0.29) is 0 Å². The molecule has 0 aromatic heterocycles. The third-order valence-corrected chi connectivity index (χ3v) is 5.27. The van der Waals surface area contributed by atoms with Crippen molar-refractivity contribution in [1.82, 2.24) is 0 Å². The first-order chi connectivity index (χ1) is 11.8. The number of aryl methyl sites for hydroxylation is 1. The molecule has 0 radical (unpaired) electrons. The smallest absolute Gasteiger partial charge is 0.0249 e. The second-order valence-electron chi connectivity index (χ2n) is 7.35. The molecule has 0 nitrogen and oxygen atoms in total. The van der Waals surface area contributed by atoms with Gasteiger partial charge in [0.15, 0.2) is 0 Å². The normalized spacial score (nSPS) is 20.8. The van der Waals surface area contributed by atoms with Gasteiger partial charge >= 0.3 is 0 Å². The van der Waals surface area contributed by atoms with Gasteiger partial charge in [0.25, 0.3) is 0 Å². The largest absolute Gasteiger partial charge is 0.0730 e. The van der Waals surface area contributed by atoms with Gasteiger partial charge in [0, 0.05) is 5.56 Å². The van der Waals surface area contributed by atoms with Gasteiger partial charge in [-0.2, -0.15) is 0 Å². The number of benzene rings is 1. The van der Waals surface area contributed by atoms with E-state index < -0.39 is 0 Å². The van der Waals surface area contributed by atoms with E-state index in [0.29, 0.717) is 0 Å². The molecule has 0 heterocycles. The minimum absolute atomic E-state index is 0.758. The molecule has 0 atom stereocenters. The first-order valence-electron chi connectivity index (χ1n) is 10.1. The molecule has 0 unspecified atom stereocenters. The Labute approximate surface area is 149 Å². The number of hydrogen-bond acceptors (Lipinski definition) is 0. The molecule has 0 aliphatic heterocycles. The summed E-state index contributed by atoms with van der Waals surface area (Å²) in [5, 5.41) is 0. The number of unbranched alkanes of at least 4 members (excludes halogenated alkanes) is 2. The topological polar surface area (TPSA) is 0 Å². The van der Waals surface area contributed by atoms with E-state index in [1.54, 1.807) is 0 Å². The maximum Gasteiger partial charge on any atom is 0.0249 e. The van der Waals surface area contributed by atoms with Gasteiger partial charge in [-0.1, -0.05) is 76.0 Å². The van der Waals surface area contributed by atoms with Crippen molar-refractivity contribution >= 4 is 0 Å². The van der Waals surface area contributed by atoms with Crippen molar-refractivity contribution in [2.24, 2.45) is 11.8 Å². The number of rotatable bonds is 7. The second-order valence-corrected chi connectivity index (χ2v) is 7.35. The minimum Gasteiger partial charge on any atom is -0.0730 e. The predicted octanol–water partition coefficient (Wildman–Crippen LogP) is 6.93. The van der Waals surface area contributed by atoms with Crippen LogP contribution in [0, 0.1) is 23.7 Å². The molecule has 0 spiro atoms. The van der Waals surface area contributed by atoms with Crippen molar-refractivity contribution in [2.75, 3.05) is 0 Å². The lowest BCUT2D eigenvalue weighted by atomic mass is 9.79. The van der Waals surface area contributed by atoms with Crippen molar-refractivity contribution in [3.8, 4) is 11.8 Å². The summed E-state index contributed by atoms with van der Waals surface area (Å²) in [6.07, 6.45) is 18.0. The van der Waals surface area contributed by atoms with Gasteiger partial charge in [-0.05, 0) is 67.7 Å². The van der Waals surface area contributed by atoms with E-state index in [0.717, 1.165) is 23.8 Å². The molecule has 0 saturated heterocycles. The molecular weight excluding hydrogens is 288 g/mol. The maximum atomic E-state index is 3.26. The summed E-state index contributed by atoms with van der Waals surface area (Å²) >= 11 is 0. The van der Waals surface area contributed by atoms with Crippen LogP contribution in [0.2, 0.25) is 0 Å². The SMILES string of the molecule is CCCCCC1CCC(C=CC#Cc2ccc(CCC)cc2)CC1. The molecule has 130 valence electrons. The lowest BCUT2D eigenvalue weighted by molar-refractivity contribution is 0.289. The van der Waals surface area contributed by atoms with Crippen LogP contribution in [0.3, 0.4) is 0 Å². The van der Waals surface area contributed by atoms with Gasteiger partial charge < -0.3 is 0 Å². The molecule has 2 rings (SSSR count). The summed E-state index contributed by atoms with van der Waals surface area (Å²) in [5.41, 5.74) is 2.54. The van der Waals surface area contributed by atoms with Crippen molar-refractivity contribution < 1.29 is 0 Å². The first kappa shape index (κ1) is 18.9. The highest BCUT2D eigenvalue weighted by atomic mass is 14.2. The van der Waals surface area contributed by atoms with Crippen LogP contribution in [0.4, 0.5) is 0 Å². The Balaban J connectivity index is 1.71. The molecule has 0 bridgehead atoms. The summed E-state index contributed by atoms with van der Waals surface area (Å²) in [5.74, 6) is 8.24. The first-order valence-corrected chi connectivity index (χ1v) is 10.1. The molecule has 1 aromatic carbocycles. The van der Waals surface area contributed by atoms with Crippen LogP contribution in [0.1, 0.15) is 82.8 Å². The third kappa shape index (κ3) is 6.96. The second kappa shape index (κ2) is 11.1. The Kier molecular flexibility index (Phi) is 8.75. The quantitative estimate of drug-likeness (QED) is 0.377. The number of hydrogen-bond donors (Lipinski definition) is 0. The monoisotopic (exact) mass is 322 g/mol. The highest BCUT2D eigenvalue weighted by Gasteiger charge is 2.18. The summed E-state index contributed by atoms with van der Waals surface area (Å²) in [6, 6.07) is 8.70. The average molecular weight is 323 g/mol. The molecular formula is C24H34. The molecule has 0 amide bonds. The summed E-state index contributed by atoms with van der Waals surface area (Å²) < 4.78 is 0. The molecule has 1 fully saturated rings. The lowest BCUT2D eigenvalue weighted by Crippen LogP contribution is -2.12. The van der Waals surface area contributed by atoms with E-state index in [4.69, 9.17) is 0 Å². The van der Waals surface area contributed by atoms with Crippen LogP contribution in [0.15, 0.2) is 36.4 Å². The van der Waals surface area contributed by atoms with Gasteiger partial charge in [0.1, 0.15) is 0 Å². The van der Waals surface area contributed by atoms with Crippen LogP contribution in [0.5, 0.6) is 0 Å². The Morgan fingerprint density at radius 2 is 1.71 bits per heavy atom. The molecule has 1 aliphatic carbocycles. The van der Waals surface area contributed by atoms with Crippen molar-refractivity contribution in [3.63, 3.8) is 0 Å². The van der Waals surface area contributed by atoms with Crippen molar-refractivity contribution in [2.45, 2.75) is 78.1 Å². The Morgan fingerprint density at radius 1 is 0.958 bits per heavy atom. The zero-order chi connectivity index (χ0) is 17.0. The van der Waals surface area contributed by atoms with Crippen LogP contribution in [-0.4, -0.2) is 0 Å². The summed E-state index contributed by atoms with van der Waals surface area (Å²) in [4.78, 5) is 0. The zero-order valence-corrected chi connectivity index (χ0v) is 15.7. The van der Waals surface area contributed by atoms with Gasteiger partial charge in [0.05, 0.1) is 0 Å². The summed E-state index contributed by atoms with van der Waals surface area (Å²) in [6.45, 7) is 4.51. The Bertz CT molecular complexity index is 530. The van der Waals surface area contributed by atoms with E-state index in [9.17, 15) is 0 Å². The van der Waals surface area contributed by atoms with Gasteiger partial charge in [-0.3, -0.25) is 0 Å². The molecule has 0 heteroatoms. The van der Waals surface area contributed by atoms with Gasteiger partial charge in [-0.15, -0.1) is 0 Å². The fourth-order valence-corrected chi connectivity index (χ4v) is 3.70. The maximum absolute atomic E-state index is 3.26. The van der Waals surface area contributed by atoms with Gasteiger partial charge in [0.2, 0.25) is 0 Å². The Morgan fingerprint density at radius 3 is 2.38 bits per heavy atom. The van der Waals surface area contributed by atoms with Gasteiger partial charge in [-0.25, -0.2) is 0 Å². The molecule has 1 aliphatic rings. The fourth-order valence-electron chi connectivity index (χ4n) is 3.70. The lowest BCUT2D eigenvalue weighted by Gasteiger charge is -2.26. The van der Waals surface area contributed by atoms with E-state index >= 15 is 0 Å². The highest BCUT2D eigenvalue weighted by Crippen LogP contribution is 2.32. The number of allylic oxidation sites excluding steroid dienone is 2. The van der Waals surface area contributed by atoms with Crippen LogP contribution in [-0.2, 0) is 6.42 Å². The molecule has 1 aromatic rings. The molecule has 0 N–H and O–H groups in total. The van der Waals surface area contributed by atoms with Crippen LogP contribution < -0.4 is 0 Å². The molecule has 24 heavy (non-hydrogen) atoms. The zero-order valence-electron chi connectivity index (χ0n) is 15.7. The van der Waals surface area contributed by atoms with Crippen LogP contribution in [0.25, 0.3) is 0 Å². The minimum atomic E-state index is 0.758. The van der Waals surface area contributed by atoms with Crippen molar-refractivity contribution in [3.05, 3.63) is 47.5 Å². The third-order valence-electron chi connectivity index (χ3n) is 5.27. The van der Waals surface area contributed by atoms with Crippen molar-refractivity contribution in [1.29, 1.82) is 0 Å². The molecule has 1 saturated carbocycles. The van der Waals surface area contributed by atoms with E-state index in [1.165, 1.54) is 63.4 Å². The van der Waals surface area contributed by atoms with E-state index in [2.05, 4.69) is 62.1 Å². The summed E-state index contributed by atoms with van der Waals surface area (Å²) in [7, 11) is 0. The van der Waals surface area contributed by atoms with Crippen LogP contribution >= 0.6 is 0 Å². The average Bonchev–Trinajstić information content (AvgIpc) is 2.62. The Hall–Kier alpha value is -1.48.